The summed E-state index contributed by atoms with van der Waals surface area (Å²) in [4.78, 5) is 23.1. The number of anilines is 1. The number of aliphatic imine (C=N–C) groups is 1. The zero-order chi connectivity index (χ0) is 29.1. The van der Waals surface area contributed by atoms with Crippen molar-refractivity contribution in [3.63, 3.8) is 0 Å². The van der Waals surface area contributed by atoms with Crippen LogP contribution in [0.25, 0.3) is 16.8 Å². The molecule has 40 heavy (non-hydrogen) atoms. The number of amides is 1. The average Bonchev–Trinajstić information content (AvgIpc) is 3.40. The molecule has 2 aromatic heterocycles. The maximum Gasteiger partial charge on any atom is 0.316 e. The summed E-state index contributed by atoms with van der Waals surface area (Å²) in [6.07, 6.45) is 5.94. The van der Waals surface area contributed by atoms with Crippen LogP contribution in [0.1, 0.15) is 56.7 Å². The summed E-state index contributed by atoms with van der Waals surface area (Å²) in [6, 6.07) is 4.34. The molecule has 1 amide bonds. The average molecular weight is 571 g/mol. The number of carbonyl (C=O) groups is 1. The number of carbonyl (C=O) groups excluding carboxylic acids is 1. The SMILES string of the molecule is CC(C)(N)c1ccc(-c2cnn3c(N)c(S(C)(=O)=O)c(C4CC5CCC(C4)N5C(=O)C(N)=NC=[NH2+])nc23)cc1F. The Morgan fingerprint density at radius 2 is 1.90 bits per heavy atom. The molecule has 8 N–H and O–H groups in total. The largest absolute Gasteiger partial charge is 0.382 e. The molecule has 1 aromatic carbocycles. The topological polar surface area (TPSA) is 201 Å². The van der Waals surface area contributed by atoms with E-state index in [-0.39, 0.29) is 34.6 Å². The fourth-order valence-electron chi connectivity index (χ4n) is 6.08. The minimum atomic E-state index is -3.81. The Morgan fingerprint density at radius 1 is 1.25 bits per heavy atom. The molecule has 14 heteroatoms. The molecule has 0 saturated carbocycles. The third kappa shape index (κ3) is 4.60. The lowest BCUT2D eigenvalue weighted by Gasteiger charge is -2.38. The molecule has 4 heterocycles. The Kier molecular flexibility index (Phi) is 6.65. The number of fused-ring (bicyclic) bond motifs is 3. The van der Waals surface area contributed by atoms with E-state index in [9.17, 15) is 13.2 Å². The van der Waals surface area contributed by atoms with Crippen LogP contribution >= 0.6 is 0 Å². The Hall–Kier alpha value is -3.91. The van der Waals surface area contributed by atoms with E-state index >= 15 is 4.39 Å². The standard InChI is InChI=1S/C26H32FN9O3S/c1-26(2,31)18-7-4-13(10-19(18)27)17-11-33-36-23(30)21(40(3,38)39)20(34-24(17)36)14-8-15-5-6-16(9-14)35(15)25(37)22(29)32-12-28/h4,7,10-12,14-16H,5-6,8-9,30-31H2,1-3H3,(H3,28,29,32)/p+1. The Labute approximate surface area is 230 Å². The second-order valence-electron chi connectivity index (χ2n) is 11.1. The molecule has 2 aliphatic heterocycles. The summed E-state index contributed by atoms with van der Waals surface area (Å²) >= 11 is 0. The van der Waals surface area contributed by atoms with Crippen molar-refractivity contribution in [3.05, 3.63) is 41.5 Å². The monoisotopic (exact) mass is 570 g/mol. The van der Waals surface area contributed by atoms with Gasteiger partial charge in [0.05, 0.1) is 11.9 Å². The number of halogens is 1. The van der Waals surface area contributed by atoms with Crippen molar-refractivity contribution >= 4 is 39.4 Å². The second-order valence-corrected chi connectivity index (χ2v) is 13.1. The number of hydrogen-bond acceptors (Lipinski definition) is 7. The van der Waals surface area contributed by atoms with Crippen molar-refractivity contribution < 1.29 is 23.0 Å². The van der Waals surface area contributed by atoms with Crippen LogP contribution in [0.15, 0.2) is 34.3 Å². The molecule has 2 unspecified atom stereocenters. The summed E-state index contributed by atoms with van der Waals surface area (Å²) in [7, 11) is -3.81. The summed E-state index contributed by atoms with van der Waals surface area (Å²) < 4.78 is 42.3. The molecule has 2 atom stereocenters. The third-order valence-electron chi connectivity index (χ3n) is 7.80. The van der Waals surface area contributed by atoms with Gasteiger partial charge in [0.1, 0.15) is 16.5 Å². The normalized spacial score (nSPS) is 21.7. The van der Waals surface area contributed by atoms with Crippen molar-refractivity contribution in [2.24, 2.45) is 16.5 Å². The van der Waals surface area contributed by atoms with Crippen LogP contribution < -0.4 is 22.6 Å². The molecule has 2 saturated heterocycles. The first-order chi connectivity index (χ1) is 18.7. The van der Waals surface area contributed by atoms with E-state index in [0.717, 1.165) is 25.4 Å². The highest BCUT2D eigenvalue weighted by molar-refractivity contribution is 7.91. The van der Waals surface area contributed by atoms with Crippen LogP contribution in [0.4, 0.5) is 10.2 Å². The van der Waals surface area contributed by atoms with Gasteiger partial charge in [-0.1, -0.05) is 12.1 Å². The molecule has 0 radical (unpaired) electrons. The lowest BCUT2D eigenvalue weighted by Crippen LogP contribution is -2.51. The second kappa shape index (κ2) is 9.63. The number of nitrogens with two attached hydrogens (primary N) is 4. The number of amidine groups is 1. The van der Waals surface area contributed by atoms with Gasteiger partial charge in [0.15, 0.2) is 15.5 Å². The number of rotatable bonds is 5. The summed E-state index contributed by atoms with van der Waals surface area (Å²) in [5.41, 5.74) is 19.4. The summed E-state index contributed by atoms with van der Waals surface area (Å²) in [5, 5.41) is 9.60. The van der Waals surface area contributed by atoms with Crippen LogP contribution in [0.2, 0.25) is 0 Å². The fraction of sp³-hybridized carbons (Fsp3) is 0.423. The van der Waals surface area contributed by atoms with Gasteiger partial charge in [0, 0.05) is 40.9 Å². The van der Waals surface area contributed by atoms with Crippen LogP contribution in [-0.2, 0) is 20.2 Å². The van der Waals surface area contributed by atoms with E-state index in [1.807, 2.05) is 0 Å². The fourth-order valence-corrected chi connectivity index (χ4v) is 7.14. The summed E-state index contributed by atoms with van der Waals surface area (Å²) in [6.45, 7) is 3.43. The zero-order valence-electron chi connectivity index (χ0n) is 22.5. The van der Waals surface area contributed by atoms with Gasteiger partial charge in [-0.25, -0.2) is 17.8 Å². The molecule has 0 spiro atoms. The highest BCUT2D eigenvalue weighted by Crippen LogP contribution is 2.45. The number of nitrogens with zero attached hydrogens (tertiary/aromatic N) is 5. The number of nitrogen functional groups attached to an aromatic ring is 1. The number of benzene rings is 1. The Morgan fingerprint density at radius 3 is 2.45 bits per heavy atom. The highest BCUT2D eigenvalue weighted by atomic mass is 32.2. The number of hydrogen-bond donors (Lipinski definition) is 4. The highest BCUT2D eigenvalue weighted by Gasteiger charge is 2.46. The van der Waals surface area contributed by atoms with E-state index in [1.165, 1.54) is 16.8 Å². The van der Waals surface area contributed by atoms with Gasteiger partial charge in [-0.15, -0.1) is 0 Å². The molecule has 2 bridgehead atoms. The van der Waals surface area contributed by atoms with Crippen LogP contribution in [0.5, 0.6) is 0 Å². The minimum Gasteiger partial charge on any atom is -0.382 e. The van der Waals surface area contributed by atoms with Crippen molar-refractivity contribution in [2.45, 2.75) is 68.0 Å². The molecule has 2 fully saturated rings. The van der Waals surface area contributed by atoms with Gasteiger partial charge in [0.25, 0.3) is 6.34 Å². The van der Waals surface area contributed by atoms with Crippen molar-refractivity contribution in [1.29, 1.82) is 0 Å². The smallest absolute Gasteiger partial charge is 0.316 e. The third-order valence-corrected chi connectivity index (χ3v) is 8.96. The van der Waals surface area contributed by atoms with Gasteiger partial charge in [-0.2, -0.15) is 9.61 Å². The lowest BCUT2D eigenvalue weighted by atomic mass is 9.87. The van der Waals surface area contributed by atoms with E-state index in [1.54, 1.807) is 30.9 Å². The molecule has 5 rings (SSSR count). The predicted octanol–water partition coefficient (Wildman–Crippen LogP) is 0.0965. The summed E-state index contributed by atoms with van der Waals surface area (Å²) in [5.74, 6) is -1.46. The molecular weight excluding hydrogens is 537 g/mol. The van der Waals surface area contributed by atoms with Gasteiger partial charge < -0.3 is 22.1 Å². The molecule has 3 aromatic rings. The van der Waals surface area contributed by atoms with Crippen LogP contribution in [-0.4, -0.2) is 64.3 Å². The van der Waals surface area contributed by atoms with Crippen molar-refractivity contribution in [2.75, 3.05) is 12.0 Å². The van der Waals surface area contributed by atoms with E-state index in [0.29, 0.717) is 40.9 Å². The Bertz CT molecular complexity index is 1660. The van der Waals surface area contributed by atoms with Crippen LogP contribution in [0.3, 0.4) is 0 Å². The Balaban J connectivity index is 1.61. The van der Waals surface area contributed by atoms with Crippen molar-refractivity contribution in [1.82, 2.24) is 19.5 Å². The molecular formula is C26H33FN9O3S+. The molecule has 2 aliphatic rings. The maximum absolute atomic E-state index is 15.0. The van der Waals surface area contributed by atoms with Gasteiger partial charge in [-0.05, 0) is 56.2 Å². The van der Waals surface area contributed by atoms with Crippen molar-refractivity contribution in [3.8, 4) is 11.1 Å². The lowest BCUT2D eigenvalue weighted by molar-refractivity contribution is -0.128. The first-order valence-corrected chi connectivity index (χ1v) is 14.8. The zero-order valence-corrected chi connectivity index (χ0v) is 23.3. The molecule has 12 nitrogen and oxygen atoms in total. The first kappa shape index (κ1) is 27.6. The van der Waals surface area contributed by atoms with Gasteiger partial charge in [-0.3, -0.25) is 10.2 Å². The number of piperidine rings is 1. The van der Waals surface area contributed by atoms with Crippen LogP contribution in [0, 0.1) is 5.82 Å². The molecule has 212 valence electrons. The minimum absolute atomic E-state index is 0.0744. The number of aromatic nitrogens is 3. The quantitative estimate of drug-likeness (QED) is 0.244. The van der Waals surface area contributed by atoms with E-state index in [2.05, 4.69) is 10.1 Å². The predicted molar refractivity (Wildman–Crippen MR) is 148 cm³/mol. The number of sulfone groups is 1. The molecule has 0 aliphatic carbocycles. The first-order valence-electron chi connectivity index (χ1n) is 12.9. The van der Waals surface area contributed by atoms with E-state index < -0.39 is 27.1 Å². The maximum atomic E-state index is 15.0. The van der Waals surface area contributed by atoms with Gasteiger partial charge in [0.2, 0.25) is 0 Å². The van der Waals surface area contributed by atoms with Gasteiger partial charge >= 0.3 is 11.7 Å². The van der Waals surface area contributed by atoms with E-state index in [4.69, 9.17) is 27.6 Å².